The average Bonchev–Trinajstić information content (AvgIpc) is 3.10. The minimum absolute atomic E-state index is 0.139. The zero-order chi connectivity index (χ0) is 32.6. The number of morpholine rings is 1. The highest BCUT2D eigenvalue weighted by atomic mass is 16.5. The number of hydrogen-bond acceptors (Lipinski definition) is 8. The molecule has 1 N–H and O–H groups in total. The number of hydrogen-bond donors (Lipinski definition) is 1. The Labute approximate surface area is 277 Å². The number of benzene rings is 1. The molecule has 11 nitrogen and oxygen atoms in total. The van der Waals surface area contributed by atoms with Gasteiger partial charge in [-0.15, -0.1) is 0 Å². The quantitative estimate of drug-likeness (QED) is 0.527. The number of fused-ring (bicyclic) bond motifs is 5. The van der Waals surface area contributed by atoms with Crippen molar-refractivity contribution in [1.82, 2.24) is 25.0 Å². The fourth-order valence-corrected chi connectivity index (χ4v) is 7.75. The molecule has 11 heteroatoms. The number of nitrogens with one attached hydrogen (secondary N) is 1. The first-order chi connectivity index (χ1) is 22.9. The van der Waals surface area contributed by atoms with E-state index in [0.717, 1.165) is 44.6 Å². The summed E-state index contributed by atoms with van der Waals surface area (Å²) in [6, 6.07) is 13.5. The number of likely N-dealkylation sites (tertiary alicyclic amines) is 1. The van der Waals surface area contributed by atoms with Gasteiger partial charge in [-0.3, -0.25) is 19.3 Å². The number of pyridine rings is 1. The van der Waals surface area contributed by atoms with Crippen LogP contribution in [0.25, 0.3) is 0 Å². The molecule has 4 bridgehead atoms. The Morgan fingerprint density at radius 2 is 1.79 bits per heavy atom. The first-order valence-electron chi connectivity index (χ1n) is 17.3. The van der Waals surface area contributed by atoms with Crippen LogP contribution in [-0.4, -0.2) is 110 Å². The lowest BCUT2D eigenvalue weighted by molar-refractivity contribution is -0.139. The Morgan fingerprint density at radius 3 is 2.64 bits per heavy atom. The third kappa shape index (κ3) is 8.81. The fraction of sp³-hybridized carbons (Fsp3) is 0.611. The number of carbonyl (C=O) groups excluding carboxylic acids is 3. The van der Waals surface area contributed by atoms with E-state index in [2.05, 4.69) is 27.3 Å². The van der Waals surface area contributed by atoms with Crippen molar-refractivity contribution in [2.75, 3.05) is 72.7 Å². The third-order valence-electron chi connectivity index (χ3n) is 10.5. The predicted molar refractivity (Wildman–Crippen MR) is 176 cm³/mol. The SMILES string of the molecule is COc1cccc(CN2CC[C@H]3CC(=O)N4CC[C@@H](CC(=O)N5CCOCC5)[C@@H](CCOc5cccc(n5)C(=O)NCC[C@H]3C2)C4)c1. The maximum Gasteiger partial charge on any atom is 0.270 e. The van der Waals surface area contributed by atoms with Gasteiger partial charge in [-0.2, -0.15) is 0 Å². The highest BCUT2D eigenvalue weighted by Gasteiger charge is 2.37. The van der Waals surface area contributed by atoms with Crippen molar-refractivity contribution in [1.29, 1.82) is 0 Å². The molecule has 0 spiro atoms. The first-order valence-corrected chi connectivity index (χ1v) is 17.3. The lowest BCUT2D eigenvalue weighted by atomic mass is 9.79. The lowest BCUT2D eigenvalue weighted by Gasteiger charge is -2.42. The van der Waals surface area contributed by atoms with E-state index < -0.39 is 0 Å². The largest absolute Gasteiger partial charge is 0.497 e. The Hall–Kier alpha value is -3.70. The van der Waals surface area contributed by atoms with Gasteiger partial charge in [0.05, 0.1) is 26.9 Å². The number of carbonyl (C=O) groups is 3. The van der Waals surface area contributed by atoms with Crippen LogP contribution in [0.4, 0.5) is 0 Å². The van der Waals surface area contributed by atoms with Gasteiger partial charge in [0, 0.05) is 64.7 Å². The van der Waals surface area contributed by atoms with Gasteiger partial charge in [0.2, 0.25) is 17.7 Å². The van der Waals surface area contributed by atoms with Crippen LogP contribution in [0.5, 0.6) is 11.6 Å². The molecule has 3 amide bonds. The molecule has 6 rings (SSSR count). The molecule has 1 aromatic heterocycles. The van der Waals surface area contributed by atoms with Crippen molar-refractivity contribution in [2.45, 2.75) is 45.1 Å². The van der Waals surface area contributed by atoms with Crippen LogP contribution in [0.15, 0.2) is 42.5 Å². The molecule has 1 aromatic carbocycles. The number of nitrogens with zero attached hydrogens (tertiary/aromatic N) is 4. The standard InChI is InChI=1S/C36H49N5O6/c1-45-31-5-2-4-26(20-31)23-39-13-9-27-22-35(43)41-14-10-28(21-34(42)40-15-18-46-19-16-40)30(25-41)11-17-47-33-7-3-6-32(38-33)36(44)37-12-8-29(27)24-39/h2-7,20,27-30H,8-19,21-25H2,1H3,(H,37,44)/t27-,28-,29-,30-/m0/s1. The van der Waals surface area contributed by atoms with E-state index in [1.54, 1.807) is 25.3 Å². The second-order valence-corrected chi connectivity index (χ2v) is 13.5. The number of aromatic nitrogens is 1. The molecule has 4 atom stereocenters. The Balaban J connectivity index is 1.17. The van der Waals surface area contributed by atoms with Crippen molar-refractivity contribution in [2.24, 2.45) is 23.7 Å². The first kappa shape index (κ1) is 33.2. The fourth-order valence-electron chi connectivity index (χ4n) is 7.75. The molecule has 4 aliphatic heterocycles. The van der Waals surface area contributed by atoms with Gasteiger partial charge in [0.25, 0.3) is 5.91 Å². The summed E-state index contributed by atoms with van der Waals surface area (Å²) in [5.41, 5.74) is 1.53. The van der Waals surface area contributed by atoms with E-state index in [1.165, 1.54) is 5.56 Å². The summed E-state index contributed by atoms with van der Waals surface area (Å²) in [5.74, 6) is 2.22. The molecule has 3 saturated heterocycles. The zero-order valence-electron chi connectivity index (χ0n) is 27.6. The molecule has 3 fully saturated rings. The molecule has 0 saturated carbocycles. The van der Waals surface area contributed by atoms with Crippen molar-refractivity contribution < 1.29 is 28.6 Å². The summed E-state index contributed by atoms with van der Waals surface area (Å²) in [6.45, 7) is 7.27. The van der Waals surface area contributed by atoms with Gasteiger partial charge in [-0.1, -0.05) is 18.2 Å². The zero-order valence-corrected chi connectivity index (χ0v) is 27.6. The van der Waals surface area contributed by atoms with Crippen molar-refractivity contribution in [3.63, 3.8) is 0 Å². The summed E-state index contributed by atoms with van der Waals surface area (Å²) < 4.78 is 16.9. The normalized spacial score (nSPS) is 26.4. The van der Waals surface area contributed by atoms with Gasteiger partial charge < -0.3 is 29.3 Å². The lowest BCUT2D eigenvalue weighted by Crippen LogP contribution is -2.48. The molecule has 254 valence electrons. The summed E-state index contributed by atoms with van der Waals surface area (Å²) >= 11 is 0. The predicted octanol–water partition coefficient (Wildman–Crippen LogP) is 3.23. The molecular formula is C36H49N5O6. The smallest absolute Gasteiger partial charge is 0.270 e. The Kier molecular flexibility index (Phi) is 11.3. The number of piperidine rings is 2. The molecular weight excluding hydrogens is 598 g/mol. The molecule has 0 radical (unpaired) electrons. The summed E-state index contributed by atoms with van der Waals surface area (Å²) in [5, 5.41) is 3.07. The maximum absolute atomic E-state index is 13.9. The number of rotatable bonds is 5. The van der Waals surface area contributed by atoms with Crippen LogP contribution in [0, 0.1) is 23.7 Å². The van der Waals surface area contributed by atoms with E-state index in [4.69, 9.17) is 14.2 Å². The van der Waals surface area contributed by atoms with E-state index in [-0.39, 0.29) is 41.4 Å². The van der Waals surface area contributed by atoms with E-state index in [0.29, 0.717) is 83.4 Å². The van der Waals surface area contributed by atoms with Crippen LogP contribution in [0.2, 0.25) is 0 Å². The highest BCUT2D eigenvalue weighted by molar-refractivity contribution is 5.92. The van der Waals surface area contributed by atoms with Crippen LogP contribution >= 0.6 is 0 Å². The Bertz CT molecular complexity index is 1380. The number of amides is 3. The van der Waals surface area contributed by atoms with Gasteiger partial charge in [0.15, 0.2) is 0 Å². The van der Waals surface area contributed by atoms with Crippen LogP contribution in [0.3, 0.4) is 0 Å². The van der Waals surface area contributed by atoms with E-state index in [9.17, 15) is 14.4 Å². The number of ether oxygens (including phenoxy) is 3. The van der Waals surface area contributed by atoms with Crippen molar-refractivity contribution >= 4 is 17.7 Å². The second kappa shape index (κ2) is 15.9. The monoisotopic (exact) mass is 647 g/mol. The molecule has 4 aliphatic rings. The number of methoxy groups -OCH3 is 1. The minimum atomic E-state index is -0.222. The van der Waals surface area contributed by atoms with Crippen molar-refractivity contribution in [3.8, 4) is 11.6 Å². The average molecular weight is 648 g/mol. The van der Waals surface area contributed by atoms with Crippen molar-refractivity contribution in [3.05, 3.63) is 53.7 Å². The van der Waals surface area contributed by atoms with Gasteiger partial charge in [0.1, 0.15) is 11.4 Å². The van der Waals surface area contributed by atoms with Gasteiger partial charge in [-0.25, -0.2) is 4.98 Å². The summed E-state index contributed by atoms with van der Waals surface area (Å²) in [4.78, 5) is 51.1. The van der Waals surface area contributed by atoms with E-state index >= 15 is 0 Å². The van der Waals surface area contributed by atoms with Crippen LogP contribution in [-0.2, 0) is 20.9 Å². The summed E-state index contributed by atoms with van der Waals surface area (Å²) in [6.07, 6.45) is 4.21. The van der Waals surface area contributed by atoms with Gasteiger partial charge >= 0.3 is 0 Å². The molecule has 2 aromatic rings. The molecule has 47 heavy (non-hydrogen) atoms. The second-order valence-electron chi connectivity index (χ2n) is 13.5. The van der Waals surface area contributed by atoms with Crippen LogP contribution < -0.4 is 14.8 Å². The maximum atomic E-state index is 13.9. The van der Waals surface area contributed by atoms with E-state index in [1.807, 2.05) is 21.9 Å². The molecule has 0 unspecified atom stereocenters. The minimum Gasteiger partial charge on any atom is -0.497 e. The highest BCUT2D eigenvalue weighted by Crippen LogP contribution is 2.34. The third-order valence-corrected chi connectivity index (χ3v) is 10.5. The van der Waals surface area contributed by atoms with Gasteiger partial charge in [-0.05, 0) is 79.7 Å². The van der Waals surface area contributed by atoms with Crippen LogP contribution in [0.1, 0.15) is 54.6 Å². The molecule has 0 aliphatic carbocycles. The topological polar surface area (TPSA) is 114 Å². The molecule has 5 heterocycles. The summed E-state index contributed by atoms with van der Waals surface area (Å²) in [7, 11) is 1.69. The Morgan fingerprint density at radius 1 is 0.936 bits per heavy atom.